The number of piperidine rings is 1. The molecule has 1 atom stereocenters. The average Bonchev–Trinajstić information content (AvgIpc) is 3.54. The number of halogens is 3. The largest absolute Gasteiger partial charge is 0.416 e. The van der Waals surface area contributed by atoms with Crippen LogP contribution in [0.5, 0.6) is 0 Å². The van der Waals surface area contributed by atoms with Gasteiger partial charge in [0.25, 0.3) is 11.8 Å². The van der Waals surface area contributed by atoms with Gasteiger partial charge in [0.15, 0.2) is 0 Å². The molecule has 0 saturated carbocycles. The van der Waals surface area contributed by atoms with Crippen molar-refractivity contribution in [2.45, 2.75) is 57.3 Å². The van der Waals surface area contributed by atoms with Crippen LogP contribution in [-0.2, 0) is 6.18 Å². The maximum atomic E-state index is 13.7. The Morgan fingerprint density at radius 2 is 1.76 bits per heavy atom. The molecule has 5 rings (SSSR count). The summed E-state index contributed by atoms with van der Waals surface area (Å²) in [4.78, 5) is 37.6. The molecule has 2 aromatic carbocycles. The standard InChI is InChI=1S/C34H36F3N5O2S/c1-22(2)42(30(20-38)24-12-16-40(3)17-13-24)33(44)29-21-45-31(39-29)25-14-18-41(19-15-25)32(43)28-7-5-4-6-27(28)23-8-10-26(11-9-23)34(35,36)37/h4-12,21-22,25,30H,13-19H2,1-3H3. The second-order valence-corrected chi connectivity index (χ2v) is 12.8. The third-order valence-electron chi connectivity index (χ3n) is 8.54. The van der Waals surface area contributed by atoms with Crippen molar-refractivity contribution in [1.82, 2.24) is 19.7 Å². The summed E-state index contributed by atoms with van der Waals surface area (Å²) in [5, 5.41) is 12.7. The second-order valence-electron chi connectivity index (χ2n) is 11.9. The first-order valence-electron chi connectivity index (χ1n) is 15.1. The van der Waals surface area contributed by atoms with Crippen molar-refractivity contribution >= 4 is 23.2 Å². The van der Waals surface area contributed by atoms with Gasteiger partial charge in [-0.05, 0) is 75.1 Å². The van der Waals surface area contributed by atoms with E-state index < -0.39 is 17.8 Å². The van der Waals surface area contributed by atoms with E-state index >= 15 is 0 Å². The highest BCUT2D eigenvalue weighted by molar-refractivity contribution is 7.09. The minimum absolute atomic E-state index is 0.0848. The van der Waals surface area contributed by atoms with Gasteiger partial charge in [-0.15, -0.1) is 11.3 Å². The van der Waals surface area contributed by atoms with E-state index in [2.05, 4.69) is 11.0 Å². The summed E-state index contributed by atoms with van der Waals surface area (Å²) < 4.78 is 39.2. The van der Waals surface area contributed by atoms with Crippen molar-refractivity contribution in [2.75, 3.05) is 33.2 Å². The minimum Gasteiger partial charge on any atom is -0.339 e. The molecule has 7 nitrogen and oxygen atoms in total. The molecule has 3 aromatic rings. The number of hydrogen-bond donors (Lipinski definition) is 0. The molecule has 2 aliphatic heterocycles. The summed E-state index contributed by atoms with van der Waals surface area (Å²) in [6, 6.07) is 13.3. The average molecular weight is 636 g/mol. The second kappa shape index (κ2) is 13.5. The Hall–Kier alpha value is -4.01. The van der Waals surface area contributed by atoms with Crippen LogP contribution in [0.1, 0.15) is 70.4 Å². The summed E-state index contributed by atoms with van der Waals surface area (Å²) in [5.41, 5.74) is 2.14. The Balaban J connectivity index is 1.26. The summed E-state index contributed by atoms with van der Waals surface area (Å²) in [7, 11) is 2.03. The summed E-state index contributed by atoms with van der Waals surface area (Å²) in [6.07, 6.45) is -0.307. The van der Waals surface area contributed by atoms with Gasteiger partial charge in [-0.25, -0.2) is 4.98 Å². The Morgan fingerprint density at radius 1 is 1.07 bits per heavy atom. The number of aromatic nitrogens is 1. The lowest BCUT2D eigenvalue weighted by Gasteiger charge is -2.34. The lowest BCUT2D eigenvalue weighted by molar-refractivity contribution is -0.137. The fraction of sp³-hybridized carbons (Fsp3) is 0.412. The predicted molar refractivity (Wildman–Crippen MR) is 168 cm³/mol. The van der Waals surface area contributed by atoms with Gasteiger partial charge in [0.2, 0.25) is 0 Å². The first-order valence-corrected chi connectivity index (χ1v) is 16.0. The highest BCUT2D eigenvalue weighted by Crippen LogP contribution is 2.34. The highest BCUT2D eigenvalue weighted by Gasteiger charge is 2.34. The van der Waals surface area contributed by atoms with Crippen LogP contribution >= 0.6 is 11.3 Å². The van der Waals surface area contributed by atoms with E-state index in [9.17, 15) is 28.0 Å². The monoisotopic (exact) mass is 635 g/mol. The SMILES string of the molecule is CC(C)N(C(=O)c1csc(C2CCN(C(=O)c3ccccc3-c3ccc(C(F)(F)F)cc3)CC2)n1)C(C#N)C1=CCN(C)CC1. The molecule has 2 aliphatic rings. The molecule has 3 heterocycles. The number of thiazole rings is 1. The molecular weight excluding hydrogens is 599 g/mol. The van der Waals surface area contributed by atoms with Crippen molar-refractivity contribution in [1.29, 1.82) is 5.26 Å². The molecule has 0 aliphatic carbocycles. The molecule has 0 bridgehead atoms. The zero-order chi connectivity index (χ0) is 32.3. The first-order chi connectivity index (χ1) is 21.5. The van der Waals surface area contributed by atoms with Crippen LogP contribution in [0.2, 0.25) is 0 Å². The van der Waals surface area contributed by atoms with Gasteiger partial charge in [-0.1, -0.05) is 36.4 Å². The number of carbonyl (C=O) groups is 2. The van der Waals surface area contributed by atoms with Gasteiger partial charge >= 0.3 is 6.18 Å². The van der Waals surface area contributed by atoms with E-state index in [1.54, 1.807) is 39.4 Å². The maximum absolute atomic E-state index is 13.7. The molecule has 45 heavy (non-hydrogen) atoms. The zero-order valence-corrected chi connectivity index (χ0v) is 26.4. The van der Waals surface area contributed by atoms with Crippen LogP contribution in [0.25, 0.3) is 11.1 Å². The number of amides is 2. The van der Waals surface area contributed by atoms with Crippen molar-refractivity contribution in [3.05, 3.63) is 87.4 Å². The molecule has 1 saturated heterocycles. The van der Waals surface area contributed by atoms with Gasteiger partial charge in [-0.3, -0.25) is 9.59 Å². The predicted octanol–water partition coefficient (Wildman–Crippen LogP) is 6.85. The molecule has 1 fully saturated rings. The van der Waals surface area contributed by atoms with E-state index in [4.69, 9.17) is 4.98 Å². The smallest absolute Gasteiger partial charge is 0.339 e. The van der Waals surface area contributed by atoms with Crippen LogP contribution in [-0.4, -0.2) is 76.8 Å². The van der Waals surface area contributed by atoms with Gasteiger partial charge in [0.1, 0.15) is 11.7 Å². The molecule has 1 unspecified atom stereocenters. The number of rotatable bonds is 7. The van der Waals surface area contributed by atoms with Crippen LogP contribution in [0.4, 0.5) is 13.2 Å². The summed E-state index contributed by atoms with van der Waals surface area (Å²) in [6.45, 7) is 6.39. The Morgan fingerprint density at radius 3 is 2.36 bits per heavy atom. The molecular formula is C34H36F3N5O2S. The molecule has 1 aromatic heterocycles. The Bertz CT molecular complexity index is 1600. The highest BCUT2D eigenvalue weighted by atomic mass is 32.1. The Labute approximate surface area is 265 Å². The van der Waals surface area contributed by atoms with Crippen molar-refractivity contribution in [3.8, 4) is 17.2 Å². The van der Waals surface area contributed by atoms with E-state index in [0.29, 0.717) is 48.3 Å². The summed E-state index contributed by atoms with van der Waals surface area (Å²) >= 11 is 1.43. The maximum Gasteiger partial charge on any atom is 0.416 e. The molecule has 236 valence electrons. The molecule has 11 heteroatoms. The number of alkyl halides is 3. The number of carbonyl (C=O) groups excluding carboxylic acids is 2. The molecule has 0 spiro atoms. The lowest BCUT2D eigenvalue weighted by atomic mass is 9.94. The summed E-state index contributed by atoms with van der Waals surface area (Å²) in [5.74, 6) is -0.342. The third kappa shape index (κ3) is 7.13. The fourth-order valence-corrected chi connectivity index (χ4v) is 6.94. The molecule has 0 radical (unpaired) electrons. The minimum atomic E-state index is -4.43. The van der Waals surface area contributed by atoms with Crippen LogP contribution in [0.3, 0.4) is 0 Å². The quantitative estimate of drug-likeness (QED) is 0.265. The van der Waals surface area contributed by atoms with E-state index in [1.807, 2.05) is 27.0 Å². The first kappa shape index (κ1) is 32.4. The molecule has 2 amide bonds. The van der Waals surface area contributed by atoms with Crippen LogP contribution in [0, 0.1) is 11.3 Å². The van der Waals surface area contributed by atoms with E-state index in [-0.39, 0.29) is 23.8 Å². The Kier molecular flexibility index (Phi) is 9.75. The van der Waals surface area contributed by atoms with Crippen molar-refractivity contribution in [3.63, 3.8) is 0 Å². The van der Waals surface area contributed by atoms with Gasteiger partial charge in [0.05, 0.1) is 16.6 Å². The normalized spacial score (nSPS) is 17.1. The topological polar surface area (TPSA) is 80.5 Å². The number of likely N-dealkylation sites (N-methyl/N-ethyl adjacent to an activating group) is 1. The number of benzene rings is 2. The lowest BCUT2D eigenvalue weighted by Crippen LogP contribution is -2.46. The van der Waals surface area contributed by atoms with Gasteiger partial charge < -0.3 is 14.7 Å². The van der Waals surface area contributed by atoms with Gasteiger partial charge in [-0.2, -0.15) is 18.4 Å². The van der Waals surface area contributed by atoms with Crippen molar-refractivity contribution < 1.29 is 22.8 Å². The van der Waals surface area contributed by atoms with Crippen LogP contribution < -0.4 is 0 Å². The van der Waals surface area contributed by atoms with Crippen LogP contribution in [0.15, 0.2) is 65.6 Å². The number of hydrogen-bond acceptors (Lipinski definition) is 6. The van der Waals surface area contributed by atoms with E-state index in [1.165, 1.54) is 23.5 Å². The fourth-order valence-electron chi connectivity index (χ4n) is 5.97. The van der Waals surface area contributed by atoms with Crippen molar-refractivity contribution in [2.24, 2.45) is 0 Å². The molecule has 0 N–H and O–H groups in total. The number of nitriles is 1. The number of likely N-dealkylation sites (tertiary alicyclic amines) is 1. The third-order valence-corrected chi connectivity index (χ3v) is 9.55. The van der Waals surface area contributed by atoms with E-state index in [0.717, 1.165) is 42.2 Å². The zero-order valence-electron chi connectivity index (χ0n) is 25.6. The number of nitrogens with zero attached hydrogens (tertiary/aromatic N) is 5. The van der Waals surface area contributed by atoms with Gasteiger partial charge in [0, 0.05) is 49.1 Å².